The van der Waals surface area contributed by atoms with E-state index in [1.807, 2.05) is 24.3 Å². The van der Waals surface area contributed by atoms with Crippen LogP contribution in [-0.4, -0.2) is 11.1 Å². The van der Waals surface area contributed by atoms with Crippen molar-refractivity contribution in [3.8, 4) is 0 Å². The number of carbonyl (C=O) groups excluding carboxylic acids is 1. The predicted molar refractivity (Wildman–Crippen MR) is 67.1 cm³/mol. The van der Waals surface area contributed by atoms with Gasteiger partial charge in [0.25, 0.3) is 0 Å². The second-order valence-electron chi connectivity index (χ2n) is 3.20. The highest BCUT2D eigenvalue weighted by Crippen LogP contribution is 2.26. The van der Waals surface area contributed by atoms with E-state index in [-0.39, 0.29) is 5.78 Å². The molecule has 0 heterocycles. The normalized spacial score (nSPS) is 10.5. The first kappa shape index (κ1) is 10.7. The van der Waals surface area contributed by atoms with Gasteiger partial charge in [-0.25, -0.2) is 0 Å². The topological polar surface area (TPSA) is 17.1 Å². The fourth-order valence-electron chi connectivity index (χ4n) is 1.58. The van der Waals surface area contributed by atoms with Gasteiger partial charge in [-0.2, -0.15) is 0 Å². The second-order valence-corrected chi connectivity index (χ2v) is 4.17. The van der Waals surface area contributed by atoms with Crippen LogP contribution in [0, 0.1) is 0 Å². The van der Waals surface area contributed by atoms with Gasteiger partial charge in [-0.05, 0) is 17.5 Å². The van der Waals surface area contributed by atoms with E-state index in [2.05, 4.69) is 15.9 Å². The Kier molecular flexibility index (Phi) is 3.08. The molecule has 0 radical (unpaired) electrons. The van der Waals surface area contributed by atoms with Crippen LogP contribution in [0.2, 0.25) is 5.02 Å². The predicted octanol–water partition coefficient (Wildman–Crippen LogP) is 4.07. The lowest BCUT2D eigenvalue weighted by atomic mass is 10.0. The molecule has 76 valence electrons. The number of hydrogen-bond acceptors (Lipinski definition) is 1. The Balaban J connectivity index is 2.77. The summed E-state index contributed by atoms with van der Waals surface area (Å²) in [5.41, 5.74) is 0.715. The zero-order valence-corrected chi connectivity index (χ0v) is 10.2. The summed E-state index contributed by atoms with van der Waals surface area (Å²) < 4.78 is 0. The molecule has 0 atom stereocenters. The van der Waals surface area contributed by atoms with Crippen molar-refractivity contribution in [2.75, 3.05) is 5.33 Å². The van der Waals surface area contributed by atoms with Crippen LogP contribution >= 0.6 is 27.5 Å². The third-order valence-electron chi connectivity index (χ3n) is 2.29. The molecule has 0 spiro atoms. The number of rotatable bonds is 2. The van der Waals surface area contributed by atoms with Crippen molar-refractivity contribution >= 4 is 44.1 Å². The van der Waals surface area contributed by atoms with Crippen LogP contribution in [0.5, 0.6) is 0 Å². The van der Waals surface area contributed by atoms with E-state index in [9.17, 15) is 4.79 Å². The van der Waals surface area contributed by atoms with Gasteiger partial charge < -0.3 is 0 Å². The van der Waals surface area contributed by atoms with E-state index in [0.717, 1.165) is 10.8 Å². The fourth-order valence-corrected chi connectivity index (χ4v) is 2.11. The quantitative estimate of drug-likeness (QED) is 0.600. The molecular formula is C12H8BrClO. The van der Waals surface area contributed by atoms with E-state index in [4.69, 9.17) is 11.6 Å². The largest absolute Gasteiger partial charge is 0.293 e. The van der Waals surface area contributed by atoms with Crippen LogP contribution < -0.4 is 0 Å². The Hall–Kier alpha value is -0.860. The Morgan fingerprint density at radius 1 is 1.13 bits per heavy atom. The Labute approximate surface area is 101 Å². The van der Waals surface area contributed by atoms with E-state index < -0.39 is 0 Å². The number of ketones is 1. The second kappa shape index (κ2) is 4.33. The summed E-state index contributed by atoms with van der Waals surface area (Å²) in [6, 6.07) is 11.2. The molecule has 0 aliphatic carbocycles. The summed E-state index contributed by atoms with van der Waals surface area (Å²) in [5.74, 6) is 0.0721. The highest BCUT2D eigenvalue weighted by Gasteiger charge is 2.09. The maximum absolute atomic E-state index is 11.6. The molecule has 0 bridgehead atoms. The molecular weight excluding hydrogens is 275 g/mol. The van der Waals surface area contributed by atoms with Crippen molar-refractivity contribution in [2.45, 2.75) is 0 Å². The first-order valence-electron chi connectivity index (χ1n) is 4.50. The number of carbonyl (C=O) groups is 1. The van der Waals surface area contributed by atoms with Gasteiger partial charge in [0.1, 0.15) is 0 Å². The molecule has 3 heteroatoms. The SMILES string of the molecule is O=C(CBr)c1ccc(Cl)c2ccccc12. The summed E-state index contributed by atoms with van der Waals surface area (Å²) in [7, 11) is 0. The molecule has 2 rings (SSSR count). The van der Waals surface area contributed by atoms with Crippen LogP contribution in [0.25, 0.3) is 10.8 Å². The Morgan fingerprint density at radius 2 is 1.80 bits per heavy atom. The smallest absolute Gasteiger partial charge is 0.173 e. The van der Waals surface area contributed by atoms with Crippen LogP contribution in [0.3, 0.4) is 0 Å². The average molecular weight is 284 g/mol. The number of hydrogen-bond donors (Lipinski definition) is 0. The van der Waals surface area contributed by atoms with Crippen molar-refractivity contribution in [1.29, 1.82) is 0 Å². The fraction of sp³-hybridized carbons (Fsp3) is 0.0833. The van der Waals surface area contributed by atoms with E-state index in [0.29, 0.717) is 15.9 Å². The third kappa shape index (κ3) is 1.92. The molecule has 0 N–H and O–H groups in total. The number of halogens is 2. The molecule has 0 aliphatic heterocycles. The molecule has 0 aliphatic rings. The lowest BCUT2D eigenvalue weighted by Crippen LogP contribution is -2.00. The number of alkyl halides is 1. The van der Waals surface area contributed by atoms with E-state index in [1.54, 1.807) is 12.1 Å². The maximum Gasteiger partial charge on any atom is 0.173 e. The zero-order chi connectivity index (χ0) is 10.8. The van der Waals surface area contributed by atoms with Crippen molar-refractivity contribution in [1.82, 2.24) is 0 Å². The molecule has 0 amide bonds. The summed E-state index contributed by atoms with van der Waals surface area (Å²) in [6.45, 7) is 0. The first-order chi connectivity index (χ1) is 7.24. The molecule has 2 aromatic carbocycles. The molecule has 0 saturated heterocycles. The maximum atomic E-state index is 11.6. The minimum atomic E-state index is 0.0721. The number of benzene rings is 2. The van der Waals surface area contributed by atoms with Crippen molar-refractivity contribution in [3.05, 3.63) is 47.0 Å². The van der Waals surface area contributed by atoms with Crippen molar-refractivity contribution < 1.29 is 4.79 Å². The van der Waals surface area contributed by atoms with Crippen molar-refractivity contribution in [3.63, 3.8) is 0 Å². The molecule has 2 aromatic rings. The van der Waals surface area contributed by atoms with Gasteiger partial charge in [-0.1, -0.05) is 51.8 Å². The molecule has 0 fully saturated rings. The van der Waals surface area contributed by atoms with Gasteiger partial charge in [0.2, 0.25) is 0 Å². The number of Topliss-reactive ketones (excluding diaryl/α,β-unsaturated/α-hetero) is 1. The highest BCUT2D eigenvalue weighted by atomic mass is 79.9. The summed E-state index contributed by atoms with van der Waals surface area (Å²) in [5, 5.41) is 2.84. The monoisotopic (exact) mass is 282 g/mol. The zero-order valence-electron chi connectivity index (χ0n) is 7.84. The highest BCUT2D eigenvalue weighted by molar-refractivity contribution is 9.09. The van der Waals surface area contributed by atoms with Gasteiger partial charge in [0.05, 0.1) is 5.33 Å². The molecule has 1 nitrogen and oxygen atoms in total. The van der Waals surface area contributed by atoms with Crippen LogP contribution in [0.1, 0.15) is 10.4 Å². The lowest BCUT2D eigenvalue weighted by Gasteiger charge is -2.05. The minimum absolute atomic E-state index is 0.0721. The van der Waals surface area contributed by atoms with Crippen LogP contribution in [-0.2, 0) is 0 Å². The van der Waals surface area contributed by atoms with Gasteiger partial charge in [-0.3, -0.25) is 4.79 Å². The van der Waals surface area contributed by atoms with E-state index in [1.165, 1.54) is 0 Å². The number of fused-ring (bicyclic) bond motifs is 1. The van der Waals surface area contributed by atoms with Gasteiger partial charge in [0.15, 0.2) is 5.78 Å². The molecule has 0 aromatic heterocycles. The molecule has 0 unspecified atom stereocenters. The summed E-state index contributed by atoms with van der Waals surface area (Å²) >= 11 is 9.23. The molecule has 0 saturated carbocycles. The van der Waals surface area contributed by atoms with E-state index >= 15 is 0 Å². The standard InChI is InChI=1S/C12H8BrClO/c13-7-12(15)10-5-6-11(14)9-4-2-1-3-8(9)10/h1-6H,7H2. The Morgan fingerprint density at radius 3 is 2.47 bits per heavy atom. The van der Waals surface area contributed by atoms with Gasteiger partial charge in [-0.15, -0.1) is 0 Å². The van der Waals surface area contributed by atoms with Gasteiger partial charge >= 0.3 is 0 Å². The van der Waals surface area contributed by atoms with Crippen molar-refractivity contribution in [2.24, 2.45) is 0 Å². The van der Waals surface area contributed by atoms with Gasteiger partial charge in [0, 0.05) is 16.0 Å². The lowest BCUT2D eigenvalue weighted by molar-refractivity contribution is 0.102. The third-order valence-corrected chi connectivity index (χ3v) is 3.13. The minimum Gasteiger partial charge on any atom is -0.293 e. The van der Waals surface area contributed by atoms with Crippen LogP contribution in [0.15, 0.2) is 36.4 Å². The van der Waals surface area contributed by atoms with Crippen LogP contribution in [0.4, 0.5) is 0 Å². The average Bonchev–Trinajstić information content (AvgIpc) is 2.29. The summed E-state index contributed by atoms with van der Waals surface area (Å²) in [6.07, 6.45) is 0. The Bertz CT molecular complexity index is 522. The summed E-state index contributed by atoms with van der Waals surface area (Å²) in [4.78, 5) is 11.6. The first-order valence-corrected chi connectivity index (χ1v) is 6.00. The molecule has 15 heavy (non-hydrogen) atoms.